The maximum absolute atomic E-state index is 14.5. The summed E-state index contributed by atoms with van der Waals surface area (Å²) in [6.45, 7) is 0. The van der Waals surface area contributed by atoms with Crippen molar-refractivity contribution < 1.29 is 19.4 Å². The highest BCUT2D eigenvalue weighted by molar-refractivity contribution is 5.88. The van der Waals surface area contributed by atoms with Crippen LogP contribution in [-0.4, -0.2) is 5.97 Å². The molecule has 4 nitrogen and oxygen atoms in total. The molecule has 40 heavy (non-hydrogen) atoms. The molecule has 0 radical (unpaired) electrons. The molecule has 0 bridgehead atoms. The zero-order valence-corrected chi connectivity index (χ0v) is 21.7. The molecule has 0 unspecified atom stereocenters. The summed E-state index contributed by atoms with van der Waals surface area (Å²) in [5.41, 5.74) is 1.56. The fraction of sp³-hybridized carbons (Fsp3) is 0.0833. The van der Waals surface area contributed by atoms with E-state index in [-0.39, 0.29) is 5.76 Å². The van der Waals surface area contributed by atoms with Crippen LogP contribution in [0.2, 0.25) is 0 Å². The molecule has 0 spiro atoms. The summed E-state index contributed by atoms with van der Waals surface area (Å²) in [5.74, 6) is -1.12. The quantitative estimate of drug-likeness (QED) is 0.139. The molecule has 1 fully saturated rings. The Bertz CT molecular complexity index is 1600. The van der Waals surface area contributed by atoms with Crippen LogP contribution in [0.25, 0.3) is 5.76 Å². The molecule has 0 amide bonds. The molecular formula is C36H27O4-. The van der Waals surface area contributed by atoms with Crippen LogP contribution < -0.4 is 9.84 Å². The average molecular weight is 524 g/mol. The highest BCUT2D eigenvalue weighted by Crippen LogP contribution is 2.59. The Morgan fingerprint density at radius 3 is 1.68 bits per heavy atom. The number of ether oxygens (including phenoxy) is 2. The van der Waals surface area contributed by atoms with E-state index in [4.69, 9.17) is 9.47 Å². The van der Waals surface area contributed by atoms with Gasteiger partial charge in [0.2, 0.25) is 5.60 Å². The number of hydrogen-bond acceptors (Lipinski definition) is 4. The van der Waals surface area contributed by atoms with Crippen LogP contribution >= 0.6 is 0 Å². The summed E-state index contributed by atoms with van der Waals surface area (Å²) in [7, 11) is 0. The Kier molecular flexibility index (Phi) is 7.00. The summed E-state index contributed by atoms with van der Waals surface area (Å²) in [4.78, 5) is 14.5. The van der Waals surface area contributed by atoms with Gasteiger partial charge in [0.05, 0.1) is 5.92 Å². The first kappa shape index (κ1) is 25.4. The highest BCUT2D eigenvalue weighted by Gasteiger charge is 2.60. The second kappa shape index (κ2) is 11.0. The van der Waals surface area contributed by atoms with Crippen LogP contribution in [-0.2, 0) is 15.1 Å². The highest BCUT2D eigenvalue weighted by atomic mass is 16.6. The summed E-state index contributed by atoms with van der Waals surface area (Å²) in [6, 6.07) is 46.6. The fourth-order valence-corrected chi connectivity index (χ4v) is 5.50. The Morgan fingerprint density at radius 2 is 1.10 bits per heavy atom. The zero-order chi connectivity index (χ0) is 27.4. The van der Waals surface area contributed by atoms with Gasteiger partial charge in [0.1, 0.15) is 11.9 Å². The van der Waals surface area contributed by atoms with Crippen molar-refractivity contribution in [1.82, 2.24) is 0 Å². The minimum atomic E-state index is -1.64. The van der Waals surface area contributed by atoms with Gasteiger partial charge >= 0.3 is 5.97 Å². The zero-order valence-electron chi connectivity index (χ0n) is 21.7. The molecule has 0 saturated carbocycles. The van der Waals surface area contributed by atoms with Crippen molar-refractivity contribution in [3.8, 4) is 5.75 Å². The first-order chi connectivity index (χ1) is 19.7. The Balaban J connectivity index is 1.66. The lowest BCUT2D eigenvalue weighted by Gasteiger charge is -2.34. The van der Waals surface area contributed by atoms with E-state index in [0.717, 1.165) is 11.1 Å². The summed E-state index contributed by atoms with van der Waals surface area (Å²) in [6.07, 6.45) is -0.789. The van der Waals surface area contributed by atoms with Crippen molar-refractivity contribution in [2.75, 3.05) is 0 Å². The molecule has 5 aromatic rings. The molecule has 0 N–H and O–H groups in total. The van der Waals surface area contributed by atoms with E-state index in [1.807, 2.05) is 127 Å². The van der Waals surface area contributed by atoms with E-state index in [2.05, 4.69) is 0 Å². The first-order valence-corrected chi connectivity index (χ1v) is 13.3. The van der Waals surface area contributed by atoms with Gasteiger partial charge in [-0.1, -0.05) is 145 Å². The lowest BCUT2D eigenvalue weighted by molar-refractivity contribution is -0.245. The van der Waals surface area contributed by atoms with E-state index < -0.39 is 23.6 Å². The molecule has 1 aliphatic heterocycles. The number of carbonyl (C=O) groups excluding carboxylic acids is 1. The van der Waals surface area contributed by atoms with Crippen LogP contribution in [0.5, 0.6) is 5.75 Å². The monoisotopic (exact) mass is 523 g/mol. The van der Waals surface area contributed by atoms with Crippen LogP contribution in [0.15, 0.2) is 157 Å². The number of rotatable bonds is 6. The third kappa shape index (κ3) is 4.59. The molecule has 6 rings (SSSR count). The topological polar surface area (TPSA) is 58.6 Å². The second-order valence-corrected chi connectivity index (χ2v) is 9.71. The molecule has 5 aromatic carbocycles. The second-order valence-electron chi connectivity index (χ2n) is 9.71. The van der Waals surface area contributed by atoms with Crippen molar-refractivity contribution in [3.05, 3.63) is 179 Å². The molecule has 3 atom stereocenters. The summed E-state index contributed by atoms with van der Waals surface area (Å²) in [5, 5.41) is 14.4. The molecule has 1 aliphatic rings. The molecule has 0 aliphatic carbocycles. The van der Waals surface area contributed by atoms with E-state index in [1.54, 1.807) is 24.3 Å². The maximum Gasteiger partial charge on any atom is 0.349 e. The Morgan fingerprint density at radius 1 is 0.625 bits per heavy atom. The summed E-state index contributed by atoms with van der Waals surface area (Å²) < 4.78 is 13.0. The minimum absolute atomic E-state index is 0.173. The van der Waals surface area contributed by atoms with Crippen molar-refractivity contribution in [2.24, 2.45) is 0 Å². The Labute approximate surface area is 233 Å². The van der Waals surface area contributed by atoms with E-state index in [9.17, 15) is 9.90 Å². The van der Waals surface area contributed by atoms with E-state index in [1.165, 1.54) is 0 Å². The lowest BCUT2D eigenvalue weighted by atomic mass is 9.73. The van der Waals surface area contributed by atoms with Gasteiger partial charge in [0.25, 0.3) is 0 Å². The van der Waals surface area contributed by atoms with Gasteiger partial charge in [-0.25, -0.2) is 4.79 Å². The van der Waals surface area contributed by atoms with Crippen LogP contribution in [0.1, 0.15) is 34.3 Å². The lowest BCUT2D eigenvalue weighted by Crippen LogP contribution is -2.43. The van der Waals surface area contributed by atoms with E-state index in [0.29, 0.717) is 22.4 Å². The van der Waals surface area contributed by atoms with Crippen molar-refractivity contribution in [3.63, 3.8) is 0 Å². The van der Waals surface area contributed by atoms with Gasteiger partial charge in [-0.2, -0.15) is 0 Å². The van der Waals surface area contributed by atoms with Gasteiger partial charge < -0.3 is 14.6 Å². The predicted octanol–water partition coefficient (Wildman–Crippen LogP) is 6.81. The minimum Gasteiger partial charge on any atom is -0.872 e. The van der Waals surface area contributed by atoms with E-state index >= 15 is 0 Å². The number of hydrogen-bond donors (Lipinski definition) is 0. The summed E-state index contributed by atoms with van der Waals surface area (Å²) >= 11 is 0. The molecule has 196 valence electrons. The molecule has 1 saturated heterocycles. The van der Waals surface area contributed by atoms with Gasteiger partial charge in [0.15, 0.2) is 0 Å². The maximum atomic E-state index is 14.5. The largest absolute Gasteiger partial charge is 0.872 e. The first-order valence-electron chi connectivity index (χ1n) is 13.3. The number of para-hydroxylation sites is 1. The van der Waals surface area contributed by atoms with Gasteiger partial charge in [-0.05, 0) is 40.0 Å². The number of esters is 1. The van der Waals surface area contributed by atoms with Crippen LogP contribution in [0.3, 0.4) is 0 Å². The Hall–Kier alpha value is -4.93. The van der Waals surface area contributed by atoms with Crippen molar-refractivity contribution in [1.29, 1.82) is 0 Å². The third-order valence-electron chi connectivity index (χ3n) is 7.30. The smallest absolute Gasteiger partial charge is 0.349 e. The molecule has 1 heterocycles. The SMILES string of the molecule is O=C(Oc1ccccc1)[C@]1(c2ccccc2)O[C@H](c2ccccc2)/C(=C(/[O-])c2ccccc2)[C@@H]1c1ccccc1. The van der Waals surface area contributed by atoms with Crippen LogP contribution in [0, 0.1) is 0 Å². The number of benzene rings is 5. The van der Waals surface area contributed by atoms with Crippen LogP contribution in [0.4, 0.5) is 0 Å². The predicted molar refractivity (Wildman–Crippen MR) is 153 cm³/mol. The molecule has 0 aromatic heterocycles. The number of carbonyl (C=O) groups is 1. The van der Waals surface area contributed by atoms with Gasteiger partial charge in [-0.3, -0.25) is 0 Å². The average Bonchev–Trinajstić information content (AvgIpc) is 3.40. The normalized spacial score (nSPS) is 21.5. The van der Waals surface area contributed by atoms with Crippen molar-refractivity contribution in [2.45, 2.75) is 17.6 Å². The van der Waals surface area contributed by atoms with Gasteiger partial charge in [-0.15, -0.1) is 0 Å². The van der Waals surface area contributed by atoms with Gasteiger partial charge in [0, 0.05) is 0 Å². The third-order valence-corrected chi connectivity index (χ3v) is 7.30. The molecule has 4 heteroatoms. The standard InChI is InChI=1S/C36H28O4/c37-33(27-18-8-2-9-19-27)31-32(26-16-6-1-7-17-26)36(29-22-12-4-13-23-29,35(38)39-30-24-14-5-15-25-30)40-34(31)28-20-10-3-11-21-28/h1-25,32,34,37H/p-1/b33-31+/t32-,34+,36+/m0/s1. The molecular weight excluding hydrogens is 496 g/mol. The van der Waals surface area contributed by atoms with Crippen molar-refractivity contribution >= 4 is 11.7 Å². The fourth-order valence-electron chi connectivity index (χ4n) is 5.50.